The Hall–Kier alpha value is -2.50. The molecule has 1 heterocycles. The van der Waals surface area contributed by atoms with Crippen LogP contribution in [0.2, 0.25) is 0 Å². The fraction of sp³-hybridized carbons (Fsp3) is 0.286. The Morgan fingerprint density at radius 3 is 2.60 bits per heavy atom. The van der Waals surface area contributed by atoms with Crippen molar-refractivity contribution in [2.24, 2.45) is 0 Å². The third kappa shape index (κ3) is 2.74. The third-order valence-electron chi connectivity index (χ3n) is 2.83. The number of carboxylic acids is 1. The molecule has 0 fully saturated rings. The first kappa shape index (κ1) is 13.9. The number of carbonyl (C=O) groups is 1. The van der Waals surface area contributed by atoms with Crippen molar-refractivity contribution in [2.75, 3.05) is 14.2 Å². The van der Waals surface area contributed by atoms with Crippen molar-refractivity contribution in [1.29, 1.82) is 0 Å². The highest BCUT2D eigenvalue weighted by Gasteiger charge is 2.15. The standard InChI is InChI=1S/C14H15NO5/c1-8-11(7-13(16)17)20-14(15-8)9-4-5-10(18-2)12(6-9)19-3/h4-6H,7H2,1-3H3,(H,16,17). The highest BCUT2D eigenvalue weighted by atomic mass is 16.5. The first-order valence-electron chi connectivity index (χ1n) is 5.95. The molecule has 0 spiro atoms. The molecule has 0 saturated carbocycles. The molecule has 6 heteroatoms. The molecule has 20 heavy (non-hydrogen) atoms. The normalized spacial score (nSPS) is 10.3. The number of aliphatic carboxylic acids is 1. The van der Waals surface area contributed by atoms with Gasteiger partial charge in [0.15, 0.2) is 11.5 Å². The molecule has 1 aromatic carbocycles. The van der Waals surface area contributed by atoms with Crippen LogP contribution in [0.3, 0.4) is 0 Å². The molecule has 0 aliphatic carbocycles. The zero-order chi connectivity index (χ0) is 14.7. The van der Waals surface area contributed by atoms with Gasteiger partial charge in [-0.2, -0.15) is 0 Å². The van der Waals surface area contributed by atoms with Gasteiger partial charge in [-0.1, -0.05) is 0 Å². The lowest BCUT2D eigenvalue weighted by Crippen LogP contribution is -1.99. The lowest BCUT2D eigenvalue weighted by atomic mass is 10.2. The number of oxazole rings is 1. The van der Waals surface area contributed by atoms with E-state index in [1.54, 1.807) is 32.2 Å². The summed E-state index contributed by atoms with van der Waals surface area (Å²) in [6, 6.07) is 5.25. The molecular weight excluding hydrogens is 262 g/mol. The van der Waals surface area contributed by atoms with Crippen LogP contribution in [0.15, 0.2) is 22.6 Å². The predicted molar refractivity (Wildman–Crippen MR) is 71.1 cm³/mol. The Morgan fingerprint density at radius 1 is 1.30 bits per heavy atom. The van der Waals surface area contributed by atoms with E-state index < -0.39 is 5.97 Å². The summed E-state index contributed by atoms with van der Waals surface area (Å²) < 4.78 is 15.9. The quantitative estimate of drug-likeness (QED) is 0.903. The van der Waals surface area contributed by atoms with Crippen LogP contribution in [-0.2, 0) is 11.2 Å². The Balaban J connectivity index is 2.39. The average molecular weight is 277 g/mol. The second kappa shape index (κ2) is 5.64. The molecule has 2 rings (SSSR count). The van der Waals surface area contributed by atoms with Crippen molar-refractivity contribution >= 4 is 5.97 Å². The molecule has 0 radical (unpaired) electrons. The average Bonchev–Trinajstić information content (AvgIpc) is 2.78. The highest BCUT2D eigenvalue weighted by Crippen LogP contribution is 2.32. The van der Waals surface area contributed by atoms with Crippen LogP contribution in [0.25, 0.3) is 11.5 Å². The van der Waals surface area contributed by atoms with Crippen LogP contribution in [0.5, 0.6) is 11.5 Å². The van der Waals surface area contributed by atoms with E-state index in [0.29, 0.717) is 34.4 Å². The molecule has 0 amide bonds. The number of carboxylic acid groups (broad SMARTS) is 1. The number of hydrogen-bond donors (Lipinski definition) is 1. The van der Waals surface area contributed by atoms with Gasteiger partial charge >= 0.3 is 5.97 Å². The summed E-state index contributed by atoms with van der Waals surface area (Å²) in [4.78, 5) is 15.0. The number of methoxy groups -OCH3 is 2. The Morgan fingerprint density at radius 2 is 2.00 bits per heavy atom. The van der Waals surface area contributed by atoms with Crippen LogP contribution in [-0.4, -0.2) is 30.3 Å². The van der Waals surface area contributed by atoms with Gasteiger partial charge in [0, 0.05) is 5.56 Å². The predicted octanol–water partition coefficient (Wildman–Crippen LogP) is 2.29. The van der Waals surface area contributed by atoms with E-state index in [9.17, 15) is 4.79 Å². The minimum Gasteiger partial charge on any atom is -0.493 e. The maximum absolute atomic E-state index is 10.7. The van der Waals surface area contributed by atoms with Crippen molar-refractivity contribution in [3.05, 3.63) is 29.7 Å². The van der Waals surface area contributed by atoms with E-state index >= 15 is 0 Å². The summed E-state index contributed by atoms with van der Waals surface area (Å²) in [5.74, 6) is 0.913. The van der Waals surface area contributed by atoms with Gasteiger partial charge < -0.3 is 19.0 Å². The molecule has 0 saturated heterocycles. The van der Waals surface area contributed by atoms with Gasteiger partial charge in [0.1, 0.15) is 12.2 Å². The molecule has 1 aromatic heterocycles. The highest BCUT2D eigenvalue weighted by molar-refractivity contribution is 5.70. The monoisotopic (exact) mass is 277 g/mol. The van der Waals surface area contributed by atoms with E-state index in [-0.39, 0.29) is 6.42 Å². The number of hydrogen-bond acceptors (Lipinski definition) is 5. The maximum Gasteiger partial charge on any atom is 0.311 e. The van der Waals surface area contributed by atoms with Crippen molar-refractivity contribution in [3.63, 3.8) is 0 Å². The minimum atomic E-state index is -0.955. The van der Waals surface area contributed by atoms with Gasteiger partial charge in [0.25, 0.3) is 0 Å². The largest absolute Gasteiger partial charge is 0.493 e. The molecule has 2 aromatic rings. The van der Waals surface area contributed by atoms with Gasteiger partial charge in [-0.05, 0) is 25.1 Å². The zero-order valence-corrected chi connectivity index (χ0v) is 11.5. The summed E-state index contributed by atoms with van der Waals surface area (Å²) in [6.45, 7) is 1.71. The number of benzene rings is 1. The first-order chi connectivity index (χ1) is 9.55. The van der Waals surface area contributed by atoms with Crippen molar-refractivity contribution in [3.8, 4) is 23.0 Å². The molecule has 6 nitrogen and oxygen atoms in total. The number of rotatable bonds is 5. The van der Waals surface area contributed by atoms with Crippen molar-refractivity contribution in [2.45, 2.75) is 13.3 Å². The van der Waals surface area contributed by atoms with Gasteiger partial charge in [-0.15, -0.1) is 0 Å². The summed E-state index contributed by atoms with van der Waals surface area (Å²) in [5.41, 5.74) is 1.26. The third-order valence-corrected chi connectivity index (χ3v) is 2.83. The molecule has 0 unspecified atom stereocenters. The number of ether oxygens (including phenoxy) is 2. The number of nitrogens with zero attached hydrogens (tertiary/aromatic N) is 1. The SMILES string of the molecule is COc1ccc(-c2nc(C)c(CC(=O)O)o2)cc1OC. The summed E-state index contributed by atoms with van der Waals surface area (Å²) in [6.07, 6.45) is -0.188. The topological polar surface area (TPSA) is 81.8 Å². The van der Waals surface area contributed by atoms with Gasteiger partial charge in [-0.25, -0.2) is 4.98 Å². The van der Waals surface area contributed by atoms with Gasteiger partial charge in [0.05, 0.1) is 19.9 Å². The number of aromatic nitrogens is 1. The van der Waals surface area contributed by atoms with E-state index in [1.165, 1.54) is 7.11 Å². The van der Waals surface area contributed by atoms with Crippen LogP contribution in [0.1, 0.15) is 11.5 Å². The van der Waals surface area contributed by atoms with Gasteiger partial charge in [-0.3, -0.25) is 4.79 Å². The molecule has 0 aliphatic rings. The minimum absolute atomic E-state index is 0.188. The summed E-state index contributed by atoms with van der Waals surface area (Å²) >= 11 is 0. The van der Waals surface area contributed by atoms with E-state index in [0.717, 1.165) is 0 Å². The molecule has 106 valence electrons. The fourth-order valence-electron chi connectivity index (χ4n) is 1.82. The molecule has 0 atom stereocenters. The van der Waals surface area contributed by atoms with E-state index in [2.05, 4.69) is 4.98 Å². The molecule has 0 aliphatic heterocycles. The van der Waals surface area contributed by atoms with Crippen LogP contribution >= 0.6 is 0 Å². The molecule has 0 bridgehead atoms. The lowest BCUT2D eigenvalue weighted by Gasteiger charge is -2.07. The second-order valence-electron chi connectivity index (χ2n) is 4.17. The van der Waals surface area contributed by atoms with Gasteiger partial charge in [0.2, 0.25) is 5.89 Å². The van der Waals surface area contributed by atoms with Crippen molar-refractivity contribution < 1.29 is 23.8 Å². The molecular formula is C14H15NO5. The van der Waals surface area contributed by atoms with E-state index in [1.807, 2.05) is 0 Å². The fourth-order valence-corrected chi connectivity index (χ4v) is 1.82. The Kier molecular flexibility index (Phi) is 3.93. The lowest BCUT2D eigenvalue weighted by molar-refractivity contribution is -0.136. The molecule has 1 N–H and O–H groups in total. The van der Waals surface area contributed by atoms with Crippen molar-refractivity contribution in [1.82, 2.24) is 4.98 Å². The van der Waals surface area contributed by atoms with Crippen LogP contribution in [0, 0.1) is 6.92 Å². The Bertz CT molecular complexity index is 632. The summed E-state index contributed by atoms with van der Waals surface area (Å²) in [7, 11) is 3.09. The van der Waals surface area contributed by atoms with Crippen LogP contribution in [0.4, 0.5) is 0 Å². The second-order valence-corrected chi connectivity index (χ2v) is 4.17. The Labute approximate surface area is 116 Å². The summed E-state index contributed by atoms with van der Waals surface area (Å²) in [5, 5.41) is 8.80. The maximum atomic E-state index is 10.7. The first-order valence-corrected chi connectivity index (χ1v) is 5.95. The number of aryl methyl sites for hydroxylation is 1. The zero-order valence-electron chi connectivity index (χ0n) is 11.5. The smallest absolute Gasteiger partial charge is 0.311 e. The van der Waals surface area contributed by atoms with Crippen LogP contribution < -0.4 is 9.47 Å². The van der Waals surface area contributed by atoms with E-state index in [4.69, 9.17) is 19.0 Å².